The largest absolute Gasteiger partial charge is 0.805 e. The zero-order valence-electron chi connectivity index (χ0n) is 8.32. The van der Waals surface area contributed by atoms with Gasteiger partial charge < -0.3 is 9.94 Å². The maximum Gasteiger partial charge on any atom is 0.350 e. The molecule has 1 aromatic carbocycles. The van der Waals surface area contributed by atoms with Gasteiger partial charge in [0.15, 0.2) is 0 Å². The first kappa shape index (κ1) is 9.98. The summed E-state index contributed by atoms with van der Waals surface area (Å²) < 4.78 is 1.25. The molecule has 0 spiro atoms. The summed E-state index contributed by atoms with van der Waals surface area (Å²) in [6.07, 6.45) is 0. The van der Waals surface area contributed by atoms with Gasteiger partial charge in [0.25, 0.3) is 5.52 Å². The first-order chi connectivity index (χ1) is 7.02. The minimum atomic E-state index is -0.0821. The third-order valence-corrected chi connectivity index (χ3v) is 2.78. The Morgan fingerprint density at radius 1 is 1.40 bits per heavy atom. The molecule has 0 radical (unpaired) electrons. The van der Waals surface area contributed by atoms with Crippen LogP contribution in [0.15, 0.2) is 18.2 Å². The Bertz CT molecular complexity index is 604. The van der Waals surface area contributed by atoms with Crippen LogP contribution in [0, 0.1) is 24.0 Å². The first-order valence-electron chi connectivity index (χ1n) is 4.44. The zero-order valence-corrected chi connectivity index (χ0v) is 9.08. The second-order valence-corrected chi connectivity index (χ2v) is 3.82. The molecule has 0 aliphatic carbocycles. The summed E-state index contributed by atoms with van der Waals surface area (Å²) in [7, 11) is 0. The van der Waals surface area contributed by atoms with Crippen LogP contribution in [0.4, 0.5) is 0 Å². The number of aromatic nitrogens is 2. The van der Waals surface area contributed by atoms with Gasteiger partial charge in [0.1, 0.15) is 11.2 Å². The Morgan fingerprint density at radius 2 is 2.07 bits per heavy atom. The molecular formula is C10H9ClN2O2. The lowest BCUT2D eigenvalue weighted by molar-refractivity contribution is -0.462. The highest BCUT2D eigenvalue weighted by Crippen LogP contribution is 2.17. The van der Waals surface area contributed by atoms with Crippen molar-refractivity contribution in [2.24, 2.45) is 0 Å². The van der Waals surface area contributed by atoms with Gasteiger partial charge in [-0.1, -0.05) is 6.07 Å². The molecular weight excluding hydrogens is 216 g/mol. The number of nitrogens with zero attached hydrogens (tertiary/aromatic N) is 2. The van der Waals surface area contributed by atoms with E-state index in [2.05, 4.69) is 0 Å². The molecule has 78 valence electrons. The van der Waals surface area contributed by atoms with Crippen LogP contribution in [0.3, 0.4) is 0 Å². The maximum atomic E-state index is 11.7. The SMILES string of the molecule is Cc1ccc2c(c1)n([O-])c(C)c(Cl)[n+]2=O. The van der Waals surface area contributed by atoms with Crippen LogP contribution in [0.5, 0.6) is 0 Å². The molecule has 0 saturated carbocycles. The highest BCUT2D eigenvalue weighted by molar-refractivity contribution is 6.29. The quantitative estimate of drug-likeness (QED) is 0.644. The Hall–Kier alpha value is -1.55. The number of aryl methyl sites for hydroxylation is 1. The molecule has 0 aliphatic heterocycles. The fourth-order valence-corrected chi connectivity index (χ4v) is 1.65. The molecule has 2 aromatic rings. The topological polar surface area (TPSA) is 51.0 Å². The van der Waals surface area contributed by atoms with Crippen molar-refractivity contribution in [3.05, 3.63) is 44.7 Å². The molecule has 5 heteroatoms. The molecule has 0 saturated heterocycles. The number of rotatable bonds is 0. The van der Waals surface area contributed by atoms with Gasteiger partial charge in [-0.05, 0) is 37.1 Å². The maximum absolute atomic E-state index is 11.7. The lowest BCUT2D eigenvalue weighted by atomic mass is 10.2. The van der Waals surface area contributed by atoms with E-state index < -0.39 is 0 Å². The zero-order chi connectivity index (χ0) is 11.2. The summed E-state index contributed by atoms with van der Waals surface area (Å²) in [5.41, 5.74) is 1.76. The summed E-state index contributed by atoms with van der Waals surface area (Å²) >= 11 is 5.73. The normalized spacial score (nSPS) is 10.9. The molecule has 0 atom stereocenters. The Labute approximate surface area is 90.9 Å². The van der Waals surface area contributed by atoms with Crippen molar-refractivity contribution >= 4 is 22.6 Å². The van der Waals surface area contributed by atoms with E-state index >= 15 is 0 Å². The second-order valence-electron chi connectivity index (χ2n) is 3.46. The van der Waals surface area contributed by atoms with Crippen LogP contribution in [-0.2, 0) is 0 Å². The van der Waals surface area contributed by atoms with Crippen molar-refractivity contribution in [3.8, 4) is 0 Å². The number of hydrogen-bond acceptors (Lipinski definition) is 2. The van der Waals surface area contributed by atoms with E-state index in [1.807, 2.05) is 6.92 Å². The molecule has 0 unspecified atom stereocenters. The van der Waals surface area contributed by atoms with Crippen molar-refractivity contribution in [3.63, 3.8) is 0 Å². The van der Waals surface area contributed by atoms with E-state index in [1.165, 1.54) is 6.92 Å². The van der Waals surface area contributed by atoms with Crippen LogP contribution in [0.1, 0.15) is 11.3 Å². The van der Waals surface area contributed by atoms with Crippen LogP contribution >= 0.6 is 11.6 Å². The van der Waals surface area contributed by atoms with Gasteiger partial charge in [-0.2, -0.15) is 0 Å². The fourth-order valence-electron chi connectivity index (χ4n) is 1.49. The second kappa shape index (κ2) is 3.24. The lowest BCUT2D eigenvalue weighted by Gasteiger charge is -2.14. The van der Waals surface area contributed by atoms with Crippen molar-refractivity contribution < 1.29 is 4.43 Å². The molecule has 4 nitrogen and oxygen atoms in total. The van der Waals surface area contributed by atoms with Crippen molar-refractivity contribution in [1.29, 1.82) is 0 Å². The monoisotopic (exact) mass is 224 g/mol. The molecule has 0 amide bonds. The Morgan fingerprint density at radius 3 is 2.73 bits per heavy atom. The molecule has 0 aliphatic rings. The molecule has 2 rings (SSSR count). The van der Waals surface area contributed by atoms with Crippen molar-refractivity contribution in [2.75, 3.05) is 0 Å². The van der Waals surface area contributed by atoms with E-state index in [1.54, 1.807) is 18.2 Å². The van der Waals surface area contributed by atoms with Crippen LogP contribution in [0.2, 0.25) is 5.15 Å². The van der Waals surface area contributed by atoms with Crippen LogP contribution < -0.4 is 4.43 Å². The number of halogens is 1. The number of fused-ring (bicyclic) bond motifs is 1. The van der Waals surface area contributed by atoms with E-state index in [0.29, 0.717) is 14.7 Å². The summed E-state index contributed by atoms with van der Waals surface area (Å²) in [5.74, 6) is 0. The van der Waals surface area contributed by atoms with Gasteiger partial charge in [-0.25, -0.2) is 0 Å². The number of hydrogen-bond donors (Lipinski definition) is 0. The van der Waals surface area contributed by atoms with Gasteiger partial charge in [-0.15, -0.1) is 0 Å². The van der Waals surface area contributed by atoms with E-state index in [-0.39, 0.29) is 16.4 Å². The third kappa shape index (κ3) is 1.37. The van der Waals surface area contributed by atoms with E-state index in [0.717, 1.165) is 5.56 Å². The van der Waals surface area contributed by atoms with Gasteiger partial charge in [0, 0.05) is 11.0 Å². The molecule has 0 bridgehead atoms. The average molecular weight is 225 g/mol. The standard InChI is InChI=1S/C10H9ClN2O2/c1-6-3-4-8-9(5-6)12(14)7(2)10(11)13(8)15/h3-5H,1-2H3. The minimum Gasteiger partial charge on any atom is -0.805 e. The predicted octanol–water partition coefficient (Wildman–Crippen LogP) is 2.17. The summed E-state index contributed by atoms with van der Waals surface area (Å²) in [4.78, 5) is 11.6. The van der Waals surface area contributed by atoms with Gasteiger partial charge in [0.2, 0.25) is 0 Å². The van der Waals surface area contributed by atoms with E-state index in [9.17, 15) is 10.1 Å². The lowest BCUT2D eigenvalue weighted by Crippen LogP contribution is -2.21. The summed E-state index contributed by atoms with van der Waals surface area (Å²) in [6.45, 7) is 3.38. The van der Waals surface area contributed by atoms with Crippen molar-refractivity contribution in [2.45, 2.75) is 13.8 Å². The molecule has 1 aromatic heterocycles. The smallest absolute Gasteiger partial charge is 0.350 e. The Balaban J connectivity index is 3.08. The highest BCUT2D eigenvalue weighted by Gasteiger charge is 2.17. The highest BCUT2D eigenvalue weighted by atomic mass is 35.5. The van der Waals surface area contributed by atoms with Crippen molar-refractivity contribution in [1.82, 2.24) is 4.73 Å². The average Bonchev–Trinajstić information content (AvgIpc) is 2.23. The Kier molecular flexibility index (Phi) is 2.16. The molecule has 0 fully saturated rings. The van der Waals surface area contributed by atoms with Gasteiger partial charge in [0.05, 0.1) is 4.43 Å². The van der Waals surface area contributed by atoms with Crippen LogP contribution in [0.25, 0.3) is 11.0 Å². The van der Waals surface area contributed by atoms with Gasteiger partial charge in [-0.3, -0.25) is 0 Å². The summed E-state index contributed by atoms with van der Waals surface area (Å²) in [5, 5.41) is 11.7. The summed E-state index contributed by atoms with van der Waals surface area (Å²) in [6, 6.07) is 5.03. The molecule has 0 N–H and O–H groups in total. The molecule has 15 heavy (non-hydrogen) atoms. The minimum absolute atomic E-state index is 0.0821. The fraction of sp³-hybridized carbons (Fsp3) is 0.200. The molecule has 1 heterocycles. The van der Waals surface area contributed by atoms with E-state index in [4.69, 9.17) is 11.6 Å². The predicted molar refractivity (Wildman–Crippen MR) is 58.6 cm³/mol. The third-order valence-electron chi connectivity index (χ3n) is 2.35. The number of benzene rings is 1. The van der Waals surface area contributed by atoms with Gasteiger partial charge >= 0.3 is 5.15 Å². The first-order valence-corrected chi connectivity index (χ1v) is 4.81. The van der Waals surface area contributed by atoms with Crippen LogP contribution in [-0.4, -0.2) is 4.73 Å².